The van der Waals surface area contributed by atoms with Crippen LogP contribution in [0.2, 0.25) is 0 Å². The van der Waals surface area contributed by atoms with Crippen molar-refractivity contribution < 1.29 is 14.2 Å². The smallest absolute Gasteiger partial charge is 0.226 e. The molecule has 1 aromatic carbocycles. The van der Waals surface area contributed by atoms with Crippen LogP contribution >= 0.6 is 0 Å². The quantitative estimate of drug-likeness (QED) is 0.705. The van der Waals surface area contributed by atoms with Crippen LogP contribution in [0.15, 0.2) is 49.3 Å². The predicted octanol–water partition coefficient (Wildman–Crippen LogP) is 2.41. The summed E-state index contributed by atoms with van der Waals surface area (Å²) >= 11 is 0. The molecule has 0 N–H and O–H groups in total. The van der Waals surface area contributed by atoms with E-state index in [1.165, 1.54) is 12.7 Å². The van der Waals surface area contributed by atoms with E-state index in [9.17, 15) is 0 Å². The summed E-state index contributed by atoms with van der Waals surface area (Å²) in [5.74, 6) is 1.61. The first-order chi connectivity index (χ1) is 12.4. The van der Waals surface area contributed by atoms with Gasteiger partial charge in [-0.05, 0) is 24.3 Å². The van der Waals surface area contributed by atoms with Crippen molar-refractivity contribution in [2.45, 2.75) is 18.9 Å². The fourth-order valence-electron chi connectivity index (χ4n) is 2.54. The van der Waals surface area contributed by atoms with Crippen molar-refractivity contribution in [3.05, 3.63) is 49.3 Å². The number of hydrogen-bond donors (Lipinski definition) is 0. The van der Waals surface area contributed by atoms with E-state index in [-0.39, 0.29) is 6.10 Å². The van der Waals surface area contributed by atoms with E-state index in [1.807, 2.05) is 24.3 Å². The van der Waals surface area contributed by atoms with Crippen LogP contribution in [-0.2, 0) is 4.74 Å². The molecule has 0 unspecified atom stereocenters. The standard InChI is InChI=1S/C17H17N5O3/c1-3-14(4-2-13(1)22-12-18-10-21-22)24-16-9-17(20-11-19-16)25-15-5-7-23-8-6-15/h1-4,9-12,15H,5-8H2. The molecule has 128 valence electrons. The Morgan fingerprint density at radius 2 is 1.80 bits per heavy atom. The minimum atomic E-state index is 0.124. The maximum Gasteiger partial charge on any atom is 0.226 e. The van der Waals surface area contributed by atoms with Gasteiger partial charge in [0.1, 0.15) is 30.8 Å². The normalized spacial score (nSPS) is 15.0. The Balaban J connectivity index is 1.42. The fraction of sp³-hybridized carbons (Fsp3) is 0.294. The maximum atomic E-state index is 5.87. The molecule has 1 aliphatic heterocycles. The SMILES string of the molecule is c1nc(Oc2ccc(-n3cncn3)cc2)cc(OC2CCOCC2)n1. The van der Waals surface area contributed by atoms with Crippen LogP contribution in [0.1, 0.15) is 12.8 Å². The van der Waals surface area contributed by atoms with Crippen LogP contribution in [0.4, 0.5) is 0 Å². The summed E-state index contributed by atoms with van der Waals surface area (Å²) in [6, 6.07) is 9.17. The number of hydrogen-bond acceptors (Lipinski definition) is 7. The van der Waals surface area contributed by atoms with Gasteiger partial charge in [0.25, 0.3) is 0 Å². The highest BCUT2D eigenvalue weighted by atomic mass is 16.5. The molecule has 3 heterocycles. The van der Waals surface area contributed by atoms with E-state index >= 15 is 0 Å². The number of nitrogens with zero attached hydrogens (tertiary/aromatic N) is 5. The minimum Gasteiger partial charge on any atom is -0.474 e. The zero-order valence-corrected chi connectivity index (χ0v) is 13.5. The Kier molecular flexibility index (Phi) is 4.51. The summed E-state index contributed by atoms with van der Waals surface area (Å²) in [5, 5.41) is 4.09. The van der Waals surface area contributed by atoms with Crippen molar-refractivity contribution in [3.63, 3.8) is 0 Å². The molecule has 0 amide bonds. The third kappa shape index (κ3) is 3.92. The van der Waals surface area contributed by atoms with Crippen molar-refractivity contribution >= 4 is 0 Å². The second-order valence-electron chi connectivity index (χ2n) is 5.56. The van der Waals surface area contributed by atoms with Gasteiger partial charge in [-0.25, -0.2) is 19.6 Å². The molecule has 0 spiro atoms. The van der Waals surface area contributed by atoms with Gasteiger partial charge in [0.05, 0.1) is 25.0 Å². The van der Waals surface area contributed by atoms with Crippen LogP contribution in [-0.4, -0.2) is 44.1 Å². The highest BCUT2D eigenvalue weighted by molar-refractivity contribution is 5.38. The molecular weight excluding hydrogens is 322 g/mol. The summed E-state index contributed by atoms with van der Waals surface area (Å²) in [4.78, 5) is 12.2. The second kappa shape index (κ2) is 7.27. The minimum absolute atomic E-state index is 0.124. The van der Waals surface area contributed by atoms with E-state index in [1.54, 1.807) is 17.1 Å². The molecule has 8 heteroatoms. The van der Waals surface area contributed by atoms with Gasteiger partial charge in [0, 0.05) is 12.8 Å². The van der Waals surface area contributed by atoms with E-state index < -0.39 is 0 Å². The number of benzene rings is 1. The summed E-state index contributed by atoms with van der Waals surface area (Å²) in [5.41, 5.74) is 0.899. The number of ether oxygens (including phenoxy) is 3. The van der Waals surface area contributed by atoms with Crippen molar-refractivity contribution in [1.82, 2.24) is 24.7 Å². The first kappa shape index (κ1) is 15.5. The third-order valence-corrected chi connectivity index (χ3v) is 3.82. The number of aromatic nitrogens is 5. The molecule has 25 heavy (non-hydrogen) atoms. The fourth-order valence-corrected chi connectivity index (χ4v) is 2.54. The lowest BCUT2D eigenvalue weighted by Crippen LogP contribution is -2.26. The molecule has 0 radical (unpaired) electrons. The highest BCUT2D eigenvalue weighted by Gasteiger charge is 2.16. The van der Waals surface area contributed by atoms with Gasteiger partial charge in [0.15, 0.2) is 0 Å². The van der Waals surface area contributed by atoms with Crippen LogP contribution in [0.25, 0.3) is 5.69 Å². The largest absolute Gasteiger partial charge is 0.474 e. The molecule has 2 aromatic heterocycles. The lowest BCUT2D eigenvalue weighted by atomic mass is 10.2. The average Bonchev–Trinajstić information content (AvgIpc) is 3.18. The van der Waals surface area contributed by atoms with E-state index in [0.29, 0.717) is 17.5 Å². The molecule has 0 atom stereocenters. The van der Waals surface area contributed by atoms with Crippen molar-refractivity contribution in [3.8, 4) is 23.2 Å². The molecule has 8 nitrogen and oxygen atoms in total. The topological polar surface area (TPSA) is 84.2 Å². The Morgan fingerprint density at radius 3 is 2.56 bits per heavy atom. The van der Waals surface area contributed by atoms with Gasteiger partial charge in [-0.1, -0.05) is 0 Å². The molecule has 0 bridgehead atoms. The molecule has 1 fully saturated rings. The van der Waals surface area contributed by atoms with E-state index in [2.05, 4.69) is 20.1 Å². The molecule has 3 aromatic rings. The predicted molar refractivity (Wildman–Crippen MR) is 87.9 cm³/mol. The zero-order chi connectivity index (χ0) is 16.9. The van der Waals surface area contributed by atoms with Gasteiger partial charge < -0.3 is 14.2 Å². The van der Waals surface area contributed by atoms with Gasteiger partial charge in [0.2, 0.25) is 11.8 Å². The molecule has 1 aliphatic rings. The molecule has 1 saturated heterocycles. The van der Waals surface area contributed by atoms with Crippen LogP contribution < -0.4 is 9.47 Å². The van der Waals surface area contributed by atoms with Crippen LogP contribution in [0, 0.1) is 0 Å². The zero-order valence-electron chi connectivity index (χ0n) is 13.5. The average molecular weight is 339 g/mol. The Labute approximate surface area is 144 Å². The number of rotatable bonds is 5. The monoisotopic (exact) mass is 339 g/mol. The van der Waals surface area contributed by atoms with Crippen LogP contribution in [0.3, 0.4) is 0 Å². The summed E-state index contributed by atoms with van der Waals surface area (Å²) in [6.45, 7) is 1.44. The third-order valence-electron chi connectivity index (χ3n) is 3.82. The summed E-state index contributed by atoms with van der Waals surface area (Å²) in [6.07, 6.45) is 6.42. The van der Waals surface area contributed by atoms with Gasteiger partial charge in [-0.3, -0.25) is 0 Å². The first-order valence-corrected chi connectivity index (χ1v) is 8.06. The molecule has 0 saturated carbocycles. The Hall–Kier alpha value is -3.00. The Morgan fingerprint density at radius 1 is 1.00 bits per heavy atom. The molecular formula is C17H17N5O3. The van der Waals surface area contributed by atoms with Crippen LogP contribution in [0.5, 0.6) is 17.5 Å². The van der Waals surface area contributed by atoms with Gasteiger partial charge in [-0.15, -0.1) is 0 Å². The summed E-state index contributed by atoms with van der Waals surface area (Å²) < 4.78 is 18.7. The lowest BCUT2D eigenvalue weighted by molar-refractivity contribution is 0.0236. The maximum absolute atomic E-state index is 5.87. The van der Waals surface area contributed by atoms with Crippen molar-refractivity contribution in [2.75, 3.05) is 13.2 Å². The van der Waals surface area contributed by atoms with E-state index in [0.717, 1.165) is 31.7 Å². The highest BCUT2D eigenvalue weighted by Crippen LogP contribution is 2.24. The molecule has 0 aliphatic carbocycles. The van der Waals surface area contributed by atoms with Crippen molar-refractivity contribution in [1.29, 1.82) is 0 Å². The summed E-state index contributed by atoms with van der Waals surface area (Å²) in [7, 11) is 0. The molecule has 4 rings (SSSR count). The first-order valence-electron chi connectivity index (χ1n) is 8.06. The van der Waals surface area contributed by atoms with Gasteiger partial charge >= 0.3 is 0 Å². The second-order valence-corrected chi connectivity index (χ2v) is 5.56. The lowest BCUT2D eigenvalue weighted by Gasteiger charge is -2.22. The van der Waals surface area contributed by atoms with E-state index in [4.69, 9.17) is 14.2 Å². The van der Waals surface area contributed by atoms with Gasteiger partial charge in [-0.2, -0.15) is 5.10 Å². The van der Waals surface area contributed by atoms with Crippen molar-refractivity contribution in [2.24, 2.45) is 0 Å². The Bertz CT molecular complexity index is 801.